The Morgan fingerprint density at radius 2 is 2.07 bits per heavy atom. The second-order valence-electron chi connectivity index (χ2n) is 7.06. The van der Waals surface area contributed by atoms with Gasteiger partial charge in [-0.2, -0.15) is 0 Å². The van der Waals surface area contributed by atoms with E-state index < -0.39 is 5.97 Å². The maximum absolute atomic E-state index is 12.5. The van der Waals surface area contributed by atoms with E-state index in [0.717, 1.165) is 16.5 Å². The van der Waals surface area contributed by atoms with E-state index in [9.17, 15) is 14.7 Å². The first-order valence-corrected chi connectivity index (χ1v) is 9.93. The average Bonchev–Trinajstić information content (AvgIpc) is 3.08. The molecule has 0 spiro atoms. The van der Waals surface area contributed by atoms with Crippen LogP contribution in [0.2, 0.25) is 0 Å². The largest absolute Gasteiger partial charge is 0.486 e. The third-order valence-electron chi connectivity index (χ3n) is 4.89. The molecule has 2 atom stereocenters. The molecule has 1 N–H and O–H groups in total. The SMILES string of the molecule is Cc1ccc(OCc2nc(CC(=O)N3CCC(C(=O)O)C(C)C3)cs2)cc1. The number of aliphatic carboxylic acids is 1. The minimum absolute atomic E-state index is 0.00184. The lowest BCUT2D eigenvalue weighted by atomic mass is 9.87. The molecule has 2 heterocycles. The van der Waals surface area contributed by atoms with Crippen molar-refractivity contribution < 1.29 is 19.4 Å². The standard InChI is InChI=1S/C20H24N2O4S/c1-13-3-5-16(6-4-13)26-11-18-21-15(12-27-18)9-19(23)22-8-7-17(20(24)25)14(2)10-22/h3-6,12,14,17H,7-11H2,1-2H3,(H,24,25). The molecule has 0 saturated carbocycles. The zero-order valence-electron chi connectivity index (χ0n) is 15.6. The van der Waals surface area contributed by atoms with Gasteiger partial charge in [0.25, 0.3) is 0 Å². The van der Waals surface area contributed by atoms with Crippen LogP contribution in [0.5, 0.6) is 5.75 Å². The number of piperidine rings is 1. The molecule has 6 nitrogen and oxygen atoms in total. The van der Waals surface area contributed by atoms with Crippen LogP contribution in [0, 0.1) is 18.8 Å². The van der Waals surface area contributed by atoms with Gasteiger partial charge < -0.3 is 14.7 Å². The third-order valence-corrected chi connectivity index (χ3v) is 5.76. The van der Waals surface area contributed by atoms with Gasteiger partial charge in [0, 0.05) is 18.5 Å². The molecule has 1 aliphatic heterocycles. The number of aryl methyl sites for hydroxylation is 1. The topological polar surface area (TPSA) is 79.7 Å². The van der Waals surface area contributed by atoms with E-state index >= 15 is 0 Å². The van der Waals surface area contributed by atoms with Gasteiger partial charge >= 0.3 is 5.97 Å². The molecular formula is C20H24N2O4S. The number of hydrogen-bond acceptors (Lipinski definition) is 5. The zero-order chi connectivity index (χ0) is 19.4. The summed E-state index contributed by atoms with van der Waals surface area (Å²) in [5.74, 6) is -0.369. The predicted octanol–water partition coefficient (Wildman–Crippen LogP) is 3.14. The number of ether oxygens (including phenoxy) is 1. The van der Waals surface area contributed by atoms with Crippen LogP contribution < -0.4 is 4.74 Å². The van der Waals surface area contributed by atoms with E-state index in [1.165, 1.54) is 16.9 Å². The monoisotopic (exact) mass is 388 g/mol. The Kier molecular flexibility index (Phi) is 6.11. The van der Waals surface area contributed by atoms with Crippen LogP contribution in [0.25, 0.3) is 0 Å². The number of carboxylic acid groups (broad SMARTS) is 1. The van der Waals surface area contributed by atoms with Crippen molar-refractivity contribution in [1.29, 1.82) is 0 Å². The summed E-state index contributed by atoms with van der Waals surface area (Å²) in [5.41, 5.74) is 1.92. The summed E-state index contributed by atoms with van der Waals surface area (Å²) < 4.78 is 5.73. The summed E-state index contributed by atoms with van der Waals surface area (Å²) in [6, 6.07) is 7.84. The van der Waals surface area contributed by atoms with Gasteiger partial charge in [-0.05, 0) is 31.4 Å². The van der Waals surface area contributed by atoms with Crippen molar-refractivity contribution in [2.24, 2.45) is 11.8 Å². The molecule has 1 fully saturated rings. The van der Waals surface area contributed by atoms with Crippen LogP contribution in [0.1, 0.15) is 29.6 Å². The fraction of sp³-hybridized carbons (Fsp3) is 0.450. The van der Waals surface area contributed by atoms with Gasteiger partial charge in [0.2, 0.25) is 5.91 Å². The summed E-state index contributed by atoms with van der Waals surface area (Å²) >= 11 is 1.48. The summed E-state index contributed by atoms with van der Waals surface area (Å²) in [6.45, 7) is 5.28. The molecule has 1 aliphatic rings. The molecule has 1 aromatic carbocycles. The quantitative estimate of drug-likeness (QED) is 0.822. The third kappa shape index (κ3) is 5.07. The number of amides is 1. The van der Waals surface area contributed by atoms with E-state index in [-0.39, 0.29) is 24.2 Å². The van der Waals surface area contributed by atoms with Crippen molar-refractivity contribution in [3.8, 4) is 5.75 Å². The van der Waals surface area contributed by atoms with E-state index in [4.69, 9.17) is 4.74 Å². The second kappa shape index (κ2) is 8.52. The Morgan fingerprint density at radius 1 is 1.33 bits per heavy atom. The minimum atomic E-state index is -0.771. The first kappa shape index (κ1) is 19.4. The lowest BCUT2D eigenvalue weighted by Crippen LogP contribution is -2.45. The predicted molar refractivity (Wildman–Crippen MR) is 103 cm³/mol. The molecule has 2 unspecified atom stereocenters. The Morgan fingerprint density at radius 3 is 2.74 bits per heavy atom. The van der Waals surface area contributed by atoms with Crippen LogP contribution in [-0.2, 0) is 22.6 Å². The van der Waals surface area contributed by atoms with Crippen LogP contribution in [0.4, 0.5) is 0 Å². The molecule has 1 amide bonds. The number of carbonyl (C=O) groups excluding carboxylic acids is 1. The fourth-order valence-corrected chi connectivity index (χ4v) is 3.99. The van der Waals surface area contributed by atoms with E-state index in [2.05, 4.69) is 4.98 Å². The number of likely N-dealkylation sites (tertiary alicyclic amines) is 1. The molecule has 0 radical (unpaired) electrons. The molecule has 1 aromatic heterocycles. The smallest absolute Gasteiger partial charge is 0.306 e. The molecule has 0 aliphatic carbocycles. The number of rotatable bonds is 6. The average molecular weight is 388 g/mol. The first-order chi connectivity index (χ1) is 12.9. The van der Waals surface area contributed by atoms with Gasteiger partial charge in [0.05, 0.1) is 18.0 Å². The minimum Gasteiger partial charge on any atom is -0.486 e. The zero-order valence-corrected chi connectivity index (χ0v) is 16.4. The Labute approximate surface area is 162 Å². The molecule has 1 saturated heterocycles. The number of hydrogen-bond donors (Lipinski definition) is 1. The van der Waals surface area contributed by atoms with E-state index in [1.807, 2.05) is 43.5 Å². The molecule has 2 aromatic rings. The molecule has 7 heteroatoms. The van der Waals surface area contributed by atoms with Crippen LogP contribution in [0.3, 0.4) is 0 Å². The van der Waals surface area contributed by atoms with Gasteiger partial charge in [0.1, 0.15) is 17.4 Å². The lowest BCUT2D eigenvalue weighted by Gasteiger charge is -2.34. The van der Waals surface area contributed by atoms with Crippen LogP contribution in [0.15, 0.2) is 29.6 Å². The van der Waals surface area contributed by atoms with Crippen molar-refractivity contribution in [3.05, 3.63) is 45.9 Å². The van der Waals surface area contributed by atoms with Crippen molar-refractivity contribution in [2.45, 2.75) is 33.3 Å². The second-order valence-corrected chi connectivity index (χ2v) is 8.00. The summed E-state index contributed by atoms with van der Waals surface area (Å²) in [4.78, 5) is 30.0. The Balaban J connectivity index is 1.50. The van der Waals surface area contributed by atoms with Gasteiger partial charge in [-0.3, -0.25) is 9.59 Å². The molecule has 3 rings (SSSR count). The Hall–Kier alpha value is -2.41. The number of carboxylic acids is 1. The highest BCUT2D eigenvalue weighted by atomic mass is 32.1. The molecule has 27 heavy (non-hydrogen) atoms. The number of nitrogens with zero attached hydrogens (tertiary/aromatic N) is 2. The van der Waals surface area contributed by atoms with Crippen molar-refractivity contribution in [3.63, 3.8) is 0 Å². The maximum atomic E-state index is 12.5. The van der Waals surface area contributed by atoms with Gasteiger partial charge in [-0.25, -0.2) is 4.98 Å². The summed E-state index contributed by atoms with van der Waals surface area (Å²) in [6.07, 6.45) is 0.750. The highest BCUT2D eigenvalue weighted by molar-refractivity contribution is 7.09. The van der Waals surface area contributed by atoms with Gasteiger partial charge in [0.15, 0.2) is 0 Å². The van der Waals surface area contributed by atoms with Gasteiger partial charge in [-0.1, -0.05) is 24.6 Å². The highest BCUT2D eigenvalue weighted by Crippen LogP contribution is 2.24. The van der Waals surface area contributed by atoms with E-state index in [1.54, 1.807) is 4.90 Å². The van der Waals surface area contributed by atoms with Crippen molar-refractivity contribution in [2.75, 3.05) is 13.1 Å². The summed E-state index contributed by atoms with van der Waals surface area (Å²) in [7, 11) is 0. The van der Waals surface area contributed by atoms with Crippen LogP contribution in [-0.4, -0.2) is 40.0 Å². The molecule has 0 bridgehead atoms. The molecule has 144 valence electrons. The van der Waals surface area contributed by atoms with Gasteiger partial charge in [-0.15, -0.1) is 11.3 Å². The van der Waals surface area contributed by atoms with E-state index in [0.29, 0.717) is 26.1 Å². The first-order valence-electron chi connectivity index (χ1n) is 9.05. The maximum Gasteiger partial charge on any atom is 0.306 e. The Bertz CT molecular complexity index is 803. The normalized spacial score (nSPS) is 19.7. The number of benzene rings is 1. The van der Waals surface area contributed by atoms with Crippen LogP contribution >= 0.6 is 11.3 Å². The lowest BCUT2D eigenvalue weighted by molar-refractivity contribution is -0.148. The number of aromatic nitrogens is 1. The van der Waals surface area contributed by atoms with Crippen molar-refractivity contribution in [1.82, 2.24) is 9.88 Å². The molecular weight excluding hydrogens is 364 g/mol. The number of thiazole rings is 1. The summed E-state index contributed by atoms with van der Waals surface area (Å²) in [5, 5.41) is 11.9. The van der Waals surface area contributed by atoms with Crippen molar-refractivity contribution >= 4 is 23.2 Å². The number of carbonyl (C=O) groups is 2. The fourth-order valence-electron chi connectivity index (χ4n) is 3.28. The highest BCUT2D eigenvalue weighted by Gasteiger charge is 2.33.